The van der Waals surface area contributed by atoms with E-state index in [9.17, 15) is 0 Å². The van der Waals surface area contributed by atoms with Crippen LogP contribution in [0.3, 0.4) is 0 Å². The molecule has 10 aromatic carbocycles. The second kappa shape index (κ2) is 16.0. The quantitative estimate of drug-likeness (QED) is 0.142. The Balaban J connectivity index is 0.986. The Labute approximate surface area is 346 Å². The summed E-state index contributed by atoms with van der Waals surface area (Å²) in [6, 6.07) is 89.8. The number of benzene rings is 10. The predicted molar refractivity (Wildman–Crippen MR) is 251 cm³/mol. The molecule has 0 saturated heterocycles. The van der Waals surface area contributed by atoms with E-state index in [2.05, 4.69) is 254 Å². The summed E-state index contributed by atoms with van der Waals surface area (Å²) in [5.74, 6) is 0. The van der Waals surface area contributed by atoms with Gasteiger partial charge in [-0.2, -0.15) is 0 Å². The lowest BCUT2D eigenvalue weighted by atomic mass is 9.97. The average molecular weight is 752 g/mol. The highest BCUT2D eigenvalue weighted by atomic mass is 15.1. The van der Waals surface area contributed by atoms with Gasteiger partial charge in [-0.05, 0) is 126 Å². The standard InChI is InChI=1S/C58H41N/c1-3-11-42(12-4-1)45-21-23-47(24-22-45)48-31-35-56(36-32-48)59(58-20-10-19-54(41-58)49-27-25-46(26-28-49)43-13-5-2-6-14-43)57-37-33-50(34-38-57)52-17-9-18-53(39-52)55-30-29-44-15-7-8-16-51(44)40-55/h1-41H. The van der Waals surface area contributed by atoms with Crippen LogP contribution in [0.4, 0.5) is 17.1 Å². The molecule has 10 aromatic rings. The molecule has 0 unspecified atom stereocenters. The van der Waals surface area contributed by atoms with Crippen molar-refractivity contribution < 1.29 is 0 Å². The van der Waals surface area contributed by atoms with Crippen LogP contribution in [0.1, 0.15) is 0 Å². The van der Waals surface area contributed by atoms with Gasteiger partial charge in [0.1, 0.15) is 0 Å². The summed E-state index contributed by atoms with van der Waals surface area (Å²) in [5.41, 5.74) is 17.7. The Kier molecular flexibility index (Phi) is 9.68. The molecule has 0 bridgehead atoms. The number of anilines is 3. The Morgan fingerprint density at radius 3 is 1.00 bits per heavy atom. The van der Waals surface area contributed by atoms with E-state index >= 15 is 0 Å². The molecule has 278 valence electrons. The van der Waals surface area contributed by atoms with Crippen LogP contribution >= 0.6 is 0 Å². The molecule has 0 N–H and O–H groups in total. The largest absolute Gasteiger partial charge is 0.310 e. The first-order valence-electron chi connectivity index (χ1n) is 20.2. The van der Waals surface area contributed by atoms with E-state index in [-0.39, 0.29) is 0 Å². The van der Waals surface area contributed by atoms with Gasteiger partial charge < -0.3 is 4.90 Å². The molecule has 1 nitrogen and oxygen atoms in total. The first-order chi connectivity index (χ1) is 29.2. The van der Waals surface area contributed by atoms with Gasteiger partial charge in [0.25, 0.3) is 0 Å². The molecule has 1 heteroatoms. The van der Waals surface area contributed by atoms with E-state index in [1.165, 1.54) is 77.5 Å². The van der Waals surface area contributed by atoms with Crippen LogP contribution in [0.25, 0.3) is 77.5 Å². The molecule has 0 spiro atoms. The van der Waals surface area contributed by atoms with Crippen molar-refractivity contribution in [1.29, 1.82) is 0 Å². The topological polar surface area (TPSA) is 3.24 Å². The highest BCUT2D eigenvalue weighted by Gasteiger charge is 2.15. The van der Waals surface area contributed by atoms with Crippen LogP contribution in [-0.4, -0.2) is 0 Å². The number of rotatable bonds is 9. The fraction of sp³-hybridized carbons (Fsp3) is 0. The predicted octanol–water partition coefficient (Wildman–Crippen LogP) is 16.3. The van der Waals surface area contributed by atoms with Crippen molar-refractivity contribution in [3.63, 3.8) is 0 Å². The molecule has 0 fully saturated rings. The zero-order chi connectivity index (χ0) is 39.4. The Bertz CT molecular complexity index is 2980. The lowest BCUT2D eigenvalue weighted by molar-refractivity contribution is 1.28. The van der Waals surface area contributed by atoms with Crippen molar-refractivity contribution in [3.8, 4) is 66.8 Å². The number of hydrogen-bond donors (Lipinski definition) is 0. The molecule has 0 aromatic heterocycles. The van der Waals surface area contributed by atoms with Crippen molar-refractivity contribution >= 4 is 27.8 Å². The van der Waals surface area contributed by atoms with Gasteiger partial charge in [0.15, 0.2) is 0 Å². The van der Waals surface area contributed by atoms with Crippen molar-refractivity contribution in [2.45, 2.75) is 0 Å². The molecule has 0 heterocycles. The first-order valence-corrected chi connectivity index (χ1v) is 20.2. The molecule has 0 aliphatic heterocycles. The van der Waals surface area contributed by atoms with Crippen molar-refractivity contribution in [2.75, 3.05) is 4.90 Å². The highest BCUT2D eigenvalue weighted by molar-refractivity contribution is 5.88. The first kappa shape index (κ1) is 35.7. The van der Waals surface area contributed by atoms with Gasteiger partial charge in [-0.25, -0.2) is 0 Å². The van der Waals surface area contributed by atoms with E-state index in [1.54, 1.807) is 0 Å². The Hall–Kier alpha value is -7.74. The van der Waals surface area contributed by atoms with Crippen LogP contribution in [0.5, 0.6) is 0 Å². The lowest BCUT2D eigenvalue weighted by Gasteiger charge is -2.26. The summed E-state index contributed by atoms with van der Waals surface area (Å²) in [4.78, 5) is 2.36. The molecular weight excluding hydrogens is 711 g/mol. The third-order valence-corrected chi connectivity index (χ3v) is 11.3. The molecule has 0 aliphatic rings. The fourth-order valence-corrected chi connectivity index (χ4v) is 8.10. The van der Waals surface area contributed by atoms with E-state index in [0.29, 0.717) is 0 Å². The van der Waals surface area contributed by atoms with E-state index < -0.39 is 0 Å². The fourth-order valence-electron chi connectivity index (χ4n) is 8.10. The minimum Gasteiger partial charge on any atom is -0.310 e. The maximum absolute atomic E-state index is 2.36. The summed E-state index contributed by atoms with van der Waals surface area (Å²) in [7, 11) is 0. The number of fused-ring (bicyclic) bond motifs is 1. The van der Waals surface area contributed by atoms with Crippen LogP contribution in [-0.2, 0) is 0 Å². The van der Waals surface area contributed by atoms with Crippen LogP contribution in [0.15, 0.2) is 249 Å². The Morgan fingerprint density at radius 1 is 0.169 bits per heavy atom. The van der Waals surface area contributed by atoms with Gasteiger partial charge in [-0.3, -0.25) is 0 Å². The third-order valence-electron chi connectivity index (χ3n) is 11.3. The van der Waals surface area contributed by atoms with Crippen LogP contribution < -0.4 is 4.90 Å². The lowest BCUT2D eigenvalue weighted by Crippen LogP contribution is -2.10. The summed E-state index contributed by atoms with van der Waals surface area (Å²) in [6.07, 6.45) is 0. The van der Waals surface area contributed by atoms with Gasteiger partial charge in [-0.1, -0.05) is 200 Å². The van der Waals surface area contributed by atoms with Crippen LogP contribution in [0.2, 0.25) is 0 Å². The second-order valence-electron chi connectivity index (χ2n) is 15.0. The van der Waals surface area contributed by atoms with Gasteiger partial charge >= 0.3 is 0 Å². The Morgan fingerprint density at radius 2 is 0.492 bits per heavy atom. The third kappa shape index (κ3) is 7.58. The zero-order valence-electron chi connectivity index (χ0n) is 32.6. The molecular formula is C58H41N. The molecule has 59 heavy (non-hydrogen) atoms. The summed E-state index contributed by atoms with van der Waals surface area (Å²) in [6.45, 7) is 0. The normalized spacial score (nSPS) is 11.1. The summed E-state index contributed by atoms with van der Waals surface area (Å²) >= 11 is 0. The summed E-state index contributed by atoms with van der Waals surface area (Å²) < 4.78 is 0. The second-order valence-corrected chi connectivity index (χ2v) is 15.0. The minimum atomic E-state index is 1.09. The molecule has 10 rings (SSSR count). The van der Waals surface area contributed by atoms with Crippen molar-refractivity contribution in [1.82, 2.24) is 0 Å². The van der Waals surface area contributed by atoms with Crippen molar-refractivity contribution in [3.05, 3.63) is 249 Å². The highest BCUT2D eigenvalue weighted by Crippen LogP contribution is 2.39. The van der Waals surface area contributed by atoms with Crippen molar-refractivity contribution in [2.24, 2.45) is 0 Å². The molecule has 0 aliphatic carbocycles. The smallest absolute Gasteiger partial charge is 0.0467 e. The maximum atomic E-state index is 2.36. The molecule has 0 amide bonds. The van der Waals surface area contributed by atoms with Gasteiger partial charge in [0.2, 0.25) is 0 Å². The SMILES string of the molecule is c1ccc(-c2ccc(-c3ccc(N(c4ccc(-c5cccc(-c6ccc7ccccc7c6)c5)cc4)c4cccc(-c5ccc(-c6ccccc6)cc5)c4)cc3)cc2)cc1. The van der Waals surface area contributed by atoms with Gasteiger partial charge in [0, 0.05) is 17.1 Å². The number of nitrogens with zero attached hydrogens (tertiary/aromatic N) is 1. The average Bonchev–Trinajstić information content (AvgIpc) is 3.33. The zero-order valence-corrected chi connectivity index (χ0v) is 32.6. The minimum absolute atomic E-state index is 1.09. The van der Waals surface area contributed by atoms with Crippen LogP contribution in [0, 0.1) is 0 Å². The monoisotopic (exact) mass is 751 g/mol. The van der Waals surface area contributed by atoms with Gasteiger partial charge in [0.05, 0.1) is 0 Å². The number of hydrogen-bond acceptors (Lipinski definition) is 1. The maximum Gasteiger partial charge on any atom is 0.0467 e. The van der Waals surface area contributed by atoms with E-state index in [0.717, 1.165) is 17.1 Å². The molecule has 0 atom stereocenters. The summed E-state index contributed by atoms with van der Waals surface area (Å²) in [5, 5.41) is 2.51. The van der Waals surface area contributed by atoms with E-state index in [4.69, 9.17) is 0 Å². The molecule has 0 saturated carbocycles. The van der Waals surface area contributed by atoms with E-state index in [1.807, 2.05) is 0 Å². The molecule has 0 radical (unpaired) electrons. The van der Waals surface area contributed by atoms with Gasteiger partial charge in [-0.15, -0.1) is 0 Å².